The second kappa shape index (κ2) is 6.27. The fraction of sp³-hybridized carbons (Fsp3) is 0.286. The average Bonchev–Trinajstić information content (AvgIpc) is 2.56. The van der Waals surface area contributed by atoms with E-state index in [0.29, 0.717) is 5.82 Å². The fourth-order valence-electron chi connectivity index (χ4n) is 2.31. The number of rotatable bonds is 3. The Bertz CT molecular complexity index is 654. The number of hydrogen-bond donors (Lipinski definition) is 1. The number of carboxylic acids is 1. The lowest BCUT2D eigenvalue weighted by Gasteiger charge is -2.35. The van der Waals surface area contributed by atoms with Crippen molar-refractivity contribution >= 4 is 33.5 Å². The SMILES string of the molecule is O=C(O)c1cnc(N2CCN(c3ccc(Br)cn3)CC2)cn1. The second-order valence-electron chi connectivity index (χ2n) is 4.87. The molecule has 1 N–H and O–H groups in total. The Morgan fingerprint density at radius 3 is 2.09 bits per heavy atom. The van der Waals surface area contributed by atoms with Crippen molar-refractivity contribution in [2.24, 2.45) is 0 Å². The molecule has 2 aromatic heterocycles. The molecule has 1 fully saturated rings. The number of anilines is 2. The summed E-state index contributed by atoms with van der Waals surface area (Å²) in [6, 6.07) is 3.96. The number of pyridine rings is 1. The predicted octanol–water partition coefficient (Wildman–Crippen LogP) is 1.66. The molecule has 0 spiro atoms. The molecule has 0 amide bonds. The number of hydrogen-bond acceptors (Lipinski definition) is 6. The molecule has 22 heavy (non-hydrogen) atoms. The van der Waals surface area contributed by atoms with Gasteiger partial charge in [0.15, 0.2) is 5.69 Å². The van der Waals surface area contributed by atoms with Gasteiger partial charge >= 0.3 is 5.97 Å². The first-order valence-corrected chi connectivity index (χ1v) is 7.59. The smallest absolute Gasteiger partial charge is 0.356 e. The molecule has 0 atom stereocenters. The minimum atomic E-state index is -1.06. The zero-order chi connectivity index (χ0) is 15.5. The van der Waals surface area contributed by atoms with Gasteiger partial charge in [0.05, 0.1) is 12.4 Å². The molecule has 3 heterocycles. The minimum Gasteiger partial charge on any atom is -0.476 e. The molecule has 7 nitrogen and oxygen atoms in total. The van der Waals surface area contributed by atoms with E-state index in [9.17, 15) is 4.79 Å². The van der Waals surface area contributed by atoms with E-state index >= 15 is 0 Å². The van der Waals surface area contributed by atoms with Crippen LogP contribution in [0.2, 0.25) is 0 Å². The Hall–Kier alpha value is -2.22. The van der Waals surface area contributed by atoms with Crippen LogP contribution in [0.3, 0.4) is 0 Å². The van der Waals surface area contributed by atoms with Gasteiger partial charge in [-0.2, -0.15) is 0 Å². The van der Waals surface area contributed by atoms with Crippen molar-refractivity contribution in [3.8, 4) is 0 Å². The summed E-state index contributed by atoms with van der Waals surface area (Å²) in [5.74, 6) is 0.591. The Kier molecular flexibility index (Phi) is 4.19. The number of aromatic carboxylic acids is 1. The van der Waals surface area contributed by atoms with E-state index < -0.39 is 5.97 Å². The molecule has 1 aliphatic heterocycles. The molecule has 0 unspecified atom stereocenters. The van der Waals surface area contributed by atoms with Crippen LogP contribution in [0.15, 0.2) is 35.2 Å². The summed E-state index contributed by atoms with van der Waals surface area (Å²) in [4.78, 5) is 27.6. The number of aromatic nitrogens is 3. The zero-order valence-corrected chi connectivity index (χ0v) is 13.3. The highest BCUT2D eigenvalue weighted by molar-refractivity contribution is 9.10. The zero-order valence-electron chi connectivity index (χ0n) is 11.7. The van der Waals surface area contributed by atoms with Crippen molar-refractivity contribution in [1.29, 1.82) is 0 Å². The molecule has 8 heteroatoms. The molecule has 114 valence electrons. The first-order valence-electron chi connectivity index (χ1n) is 6.80. The molecule has 0 radical (unpaired) electrons. The van der Waals surface area contributed by atoms with E-state index in [0.717, 1.165) is 36.5 Å². The third kappa shape index (κ3) is 3.16. The number of halogens is 1. The quantitative estimate of drug-likeness (QED) is 0.887. The van der Waals surface area contributed by atoms with Crippen molar-refractivity contribution < 1.29 is 9.90 Å². The largest absolute Gasteiger partial charge is 0.476 e. The van der Waals surface area contributed by atoms with Gasteiger partial charge < -0.3 is 14.9 Å². The standard InChI is InChI=1S/C14H14BrN5O2/c15-10-1-2-12(17-7-10)19-3-5-20(6-4-19)13-9-16-11(8-18-13)14(21)22/h1-2,7-9H,3-6H2,(H,21,22). The van der Waals surface area contributed by atoms with Gasteiger partial charge in [0, 0.05) is 36.8 Å². The highest BCUT2D eigenvalue weighted by atomic mass is 79.9. The van der Waals surface area contributed by atoms with Gasteiger partial charge in [0.2, 0.25) is 0 Å². The van der Waals surface area contributed by atoms with Crippen molar-refractivity contribution in [3.63, 3.8) is 0 Å². The maximum absolute atomic E-state index is 10.8. The van der Waals surface area contributed by atoms with Crippen LogP contribution in [0.1, 0.15) is 10.5 Å². The summed E-state index contributed by atoms with van der Waals surface area (Å²) in [5.41, 5.74) is -0.0403. The van der Waals surface area contributed by atoms with Crippen LogP contribution in [0.5, 0.6) is 0 Å². The molecule has 1 aliphatic rings. The van der Waals surface area contributed by atoms with E-state index in [1.165, 1.54) is 12.4 Å². The average molecular weight is 364 g/mol. The topological polar surface area (TPSA) is 82.5 Å². The molecule has 0 bridgehead atoms. The highest BCUT2D eigenvalue weighted by Gasteiger charge is 2.19. The Labute approximate surface area is 135 Å². The van der Waals surface area contributed by atoms with E-state index in [2.05, 4.69) is 40.7 Å². The molecule has 0 aliphatic carbocycles. The molecule has 1 saturated heterocycles. The third-order valence-electron chi connectivity index (χ3n) is 3.50. The third-order valence-corrected chi connectivity index (χ3v) is 3.97. The second-order valence-corrected chi connectivity index (χ2v) is 5.79. The van der Waals surface area contributed by atoms with E-state index in [4.69, 9.17) is 5.11 Å². The monoisotopic (exact) mass is 363 g/mol. The van der Waals surface area contributed by atoms with Gasteiger partial charge in [0.1, 0.15) is 11.6 Å². The lowest BCUT2D eigenvalue weighted by molar-refractivity contribution is 0.0690. The highest BCUT2D eigenvalue weighted by Crippen LogP contribution is 2.18. The molecule has 0 aromatic carbocycles. The molecular formula is C14H14BrN5O2. The van der Waals surface area contributed by atoms with Crippen LogP contribution in [0.25, 0.3) is 0 Å². The lowest BCUT2D eigenvalue weighted by atomic mass is 10.3. The lowest BCUT2D eigenvalue weighted by Crippen LogP contribution is -2.47. The Morgan fingerprint density at radius 1 is 0.955 bits per heavy atom. The maximum Gasteiger partial charge on any atom is 0.356 e. The van der Waals surface area contributed by atoms with Gasteiger partial charge in [-0.25, -0.2) is 19.7 Å². The number of piperazine rings is 1. The van der Waals surface area contributed by atoms with Crippen LogP contribution in [-0.4, -0.2) is 52.2 Å². The number of carboxylic acid groups (broad SMARTS) is 1. The van der Waals surface area contributed by atoms with Gasteiger partial charge in [-0.15, -0.1) is 0 Å². The molecular weight excluding hydrogens is 350 g/mol. The molecule has 3 rings (SSSR count). The Balaban J connectivity index is 1.63. The van der Waals surface area contributed by atoms with Gasteiger partial charge in [-0.05, 0) is 28.1 Å². The van der Waals surface area contributed by atoms with E-state index in [1.807, 2.05) is 12.1 Å². The van der Waals surface area contributed by atoms with Crippen molar-refractivity contribution in [1.82, 2.24) is 15.0 Å². The first kappa shape index (κ1) is 14.7. The van der Waals surface area contributed by atoms with E-state index in [-0.39, 0.29) is 5.69 Å². The van der Waals surface area contributed by atoms with E-state index in [1.54, 1.807) is 6.20 Å². The van der Waals surface area contributed by atoms with Crippen LogP contribution < -0.4 is 9.80 Å². The Morgan fingerprint density at radius 2 is 1.59 bits per heavy atom. The van der Waals surface area contributed by atoms with Crippen molar-refractivity contribution in [3.05, 3.63) is 40.9 Å². The van der Waals surface area contributed by atoms with Crippen molar-refractivity contribution in [2.45, 2.75) is 0 Å². The summed E-state index contributed by atoms with van der Waals surface area (Å²) in [7, 11) is 0. The van der Waals surface area contributed by atoms with Crippen LogP contribution in [0.4, 0.5) is 11.6 Å². The molecule has 2 aromatic rings. The van der Waals surface area contributed by atoms with Gasteiger partial charge in [0.25, 0.3) is 0 Å². The van der Waals surface area contributed by atoms with Gasteiger partial charge in [-0.3, -0.25) is 0 Å². The summed E-state index contributed by atoms with van der Waals surface area (Å²) in [6.45, 7) is 3.24. The molecule has 0 saturated carbocycles. The van der Waals surface area contributed by atoms with Crippen LogP contribution in [-0.2, 0) is 0 Å². The van der Waals surface area contributed by atoms with Crippen molar-refractivity contribution in [2.75, 3.05) is 36.0 Å². The van der Waals surface area contributed by atoms with Crippen LogP contribution in [0, 0.1) is 0 Å². The minimum absolute atomic E-state index is 0.0403. The number of nitrogens with zero attached hydrogens (tertiary/aromatic N) is 5. The fourth-order valence-corrected chi connectivity index (χ4v) is 2.55. The normalized spacial score (nSPS) is 15.0. The maximum atomic E-state index is 10.8. The van der Waals surface area contributed by atoms with Gasteiger partial charge in [-0.1, -0.05) is 0 Å². The summed E-state index contributed by atoms with van der Waals surface area (Å²) in [5, 5.41) is 8.83. The summed E-state index contributed by atoms with van der Waals surface area (Å²) in [6.07, 6.45) is 4.59. The first-order chi connectivity index (χ1) is 10.6. The number of carbonyl (C=O) groups is 1. The predicted molar refractivity (Wildman–Crippen MR) is 85.4 cm³/mol. The summed E-state index contributed by atoms with van der Waals surface area (Å²) >= 11 is 3.38. The van der Waals surface area contributed by atoms with Crippen LogP contribution >= 0.6 is 15.9 Å². The summed E-state index contributed by atoms with van der Waals surface area (Å²) < 4.78 is 0.962.